The van der Waals surface area contributed by atoms with Crippen LogP contribution in [0.5, 0.6) is 0 Å². The van der Waals surface area contributed by atoms with Crippen LogP contribution in [-0.2, 0) is 10.2 Å². The molecule has 1 heterocycles. The molecule has 0 aliphatic carbocycles. The van der Waals surface area contributed by atoms with Gasteiger partial charge >= 0.3 is 0 Å². The third kappa shape index (κ3) is 2.46. The van der Waals surface area contributed by atoms with Crippen LogP contribution < -0.4 is 11.1 Å². The maximum atomic E-state index is 12.0. The van der Waals surface area contributed by atoms with Crippen LogP contribution in [0.2, 0.25) is 0 Å². The zero-order valence-electron chi connectivity index (χ0n) is 12.0. The van der Waals surface area contributed by atoms with Gasteiger partial charge in [0.25, 0.3) is 0 Å². The summed E-state index contributed by atoms with van der Waals surface area (Å²) in [5.74, 6) is 0.0393. The van der Waals surface area contributed by atoms with E-state index in [4.69, 9.17) is 5.73 Å². The van der Waals surface area contributed by atoms with E-state index >= 15 is 0 Å². The van der Waals surface area contributed by atoms with Gasteiger partial charge in [-0.05, 0) is 71.3 Å². The zero-order chi connectivity index (χ0) is 15.2. The summed E-state index contributed by atoms with van der Waals surface area (Å²) in [5.41, 5.74) is 9.89. The van der Waals surface area contributed by atoms with Gasteiger partial charge in [0.05, 0.1) is 11.5 Å². The van der Waals surface area contributed by atoms with Crippen LogP contribution >= 0.6 is 22.6 Å². The van der Waals surface area contributed by atoms with Crippen molar-refractivity contribution in [1.82, 2.24) is 0 Å². The van der Waals surface area contributed by atoms with Crippen molar-refractivity contribution in [1.29, 1.82) is 0 Å². The van der Waals surface area contributed by atoms with Gasteiger partial charge in [0, 0.05) is 9.26 Å². The molecule has 1 aliphatic heterocycles. The number of halogens is 1. The Morgan fingerprint density at radius 2 is 1.71 bits per heavy atom. The Bertz CT molecular complexity index is 707. The molecule has 1 atom stereocenters. The highest BCUT2D eigenvalue weighted by Gasteiger charge is 2.38. The van der Waals surface area contributed by atoms with Crippen molar-refractivity contribution in [3.8, 4) is 0 Å². The minimum Gasteiger partial charge on any atom is -0.325 e. The number of rotatable bonds is 2. The lowest BCUT2D eigenvalue weighted by molar-refractivity contribution is -0.119. The Morgan fingerprint density at radius 3 is 2.38 bits per heavy atom. The van der Waals surface area contributed by atoms with Crippen molar-refractivity contribution >= 4 is 34.2 Å². The minimum absolute atomic E-state index is 0.0393. The number of carbonyl (C=O) groups excluding carboxylic acids is 1. The number of benzene rings is 2. The van der Waals surface area contributed by atoms with Gasteiger partial charge in [-0.2, -0.15) is 0 Å². The van der Waals surface area contributed by atoms with E-state index in [1.54, 1.807) is 0 Å². The van der Waals surface area contributed by atoms with Crippen molar-refractivity contribution in [3.63, 3.8) is 0 Å². The van der Waals surface area contributed by atoms with Crippen LogP contribution in [-0.4, -0.2) is 5.91 Å². The average molecular weight is 392 g/mol. The standard InChI is InChI=1S/C17H17IN2O/c1-17(2)13-9-11(5-8-14(13)20-16(17)21)15(19)10-3-6-12(18)7-4-10/h3-9,15H,19H2,1-2H3,(H,20,21). The van der Waals surface area contributed by atoms with Gasteiger partial charge in [-0.3, -0.25) is 4.79 Å². The van der Waals surface area contributed by atoms with Crippen LogP contribution in [0.3, 0.4) is 0 Å². The molecule has 0 bridgehead atoms. The maximum Gasteiger partial charge on any atom is 0.234 e. The average Bonchev–Trinajstić information content (AvgIpc) is 2.69. The van der Waals surface area contributed by atoms with Crippen molar-refractivity contribution in [2.45, 2.75) is 25.3 Å². The van der Waals surface area contributed by atoms with Gasteiger partial charge in [-0.25, -0.2) is 0 Å². The summed E-state index contributed by atoms with van der Waals surface area (Å²) in [6, 6.07) is 14.0. The lowest BCUT2D eigenvalue weighted by atomic mass is 9.84. The van der Waals surface area contributed by atoms with E-state index in [1.165, 1.54) is 3.57 Å². The molecule has 2 aromatic rings. The maximum absolute atomic E-state index is 12.0. The lowest BCUT2D eigenvalue weighted by Gasteiger charge is -2.18. The molecule has 0 saturated heterocycles. The van der Waals surface area contributed by atoms with Crippen molar-refractivity contribution in [2.75, 3.05) is 5.32 Å². The molecule has 0 radical (unpaired) electrons. The molecule has 1 unspecified atom stereocenters. The molecule has 0 spiro atoms. The molecule has 2 aromatic carbocycles. The molecule has 1 amide bonds. The molecule has 108 valence electrons. The van der Waals surface area contributed by atoms with Crippen molar-refractivity contribution in [3.05, 3.63) is 62.7 Å². The lowest BCUT2D eigenvalue weighted by Crippen LogP contribution is -2.27. The molecule has 21 heavy (non-hydrogen) atoms. The molecular formula is C17H17IN2O. The molecule has 0 saturated carbocycles. The number of nitrogens with two attached hydrogens (primary N) is 1. The van der Waals surface area contributed by atoms with Gasteiger partial charge in [0.2, 0.25) is 5.91 Å². The second-order valence-corrected chi connectivity index (χ2v) is 7.16. The summed E-state index contributed by atoms with van der Waals surface area (Å²) < 4.78 is 1.19. The van der Waals surface area contributed by atoms with Crippen LogP contribution in [0.15, 0.2) is 42.5 Å². The van der Waals surface area contributed by atoms with E-state index in [0.717, 1.165) is 22.4 Å². The van der Waals surface area contributed by atoms with E-state index in [2.05, 4.69) is 46.1 Å². The van der Waals surface area contributed by atoms with Crippen LogP contribution in [0.4, 0.5) is 5.69 Å². The Hall–Kier alpha value is -1.40. The molecule has 3 N–H and O–H groups in total. The summed E-state index contributed by atoms with van der Waals surface area (Å²) in [6.07, 6.45) is 0. The second kappa shape index (κ2) is 5.10. The first kappa shape index (κ1) is 14.5. The van der Waals surface area contributed by atoms with E-state index in [-0.39, 0.29) is 11.9 Å². The normalized spacial score (nSPS) is 17.2. The number of anilines is 1. The summed E-state index contributed by atoms with van der Waals surface area (Å²) in [5, 5.41) is 2.92. The highest BCUT2D eigenvalue weighted by molar-refractivity contribution is 14.1. The number of hydrogen-bond acceptors (Lipinski definition) is 2. The smallest absolute Gasteiger partial charge is 0.234 e. The van der Waals surface area contributed by atoms with Gasteiger partial charge in [0.1, 0.15) is 0 Å². The number of nitrogens with one attached hydrogen (secondary N) is 1. The topological polar surface area (TPSA) is 55.1 Å². The number of fused-ring (bicyclic) bond motifs is 1. The predicted octanol–water partition coefficient (Wildman–Crippen LogP) is 3.57. The predicted molar refractivity (Wildman–Crippen MR) is 93.3 cm³/mol. The Morgan fingerprint density at radius 1 is 1.10 bits per heavy atom. The fraction of sp³-hybridized carbons (Fsp3) is 0.235. The molecule has 3 nitrogen and oxygen atoms in total. The zero-order valence-corrected chi connectivity index (χ0v) is 14.1. The molecule has 1 aliphatic rings. The fourth-order valence-corrected chi connectivity index (χ4v) is 3.00. The largest absolute Gasteiger partial charge is 0.325 e. The first-order valence-electron chi connectivity index (χ1n) is 6.86. The van der Waals surface area contributed by atoms with E-state index in [9.17, 15) is 4.79 Å². The monoisotopic (exact) mass is 392 g/mol. The number of amides is 1. The van der Waals surface area contributed by atoms with Gasteiger partial charge in [-0.1, -0.05) is 24.3 Å². The summed E-state index contributed by atoms with van der Waals surface area (Å²) in [4.78, 5) is 12.0. The Kier molecular flexibility index (Phi) is 3.53. The van der Waals surface area contributed by atoms with Crippen LogP contribution in [0.1, 0.15) is 36.6 Å². The third-order valence-electron chi connectivity index (χ3n) is 4.12. The summed E-state index contributed by atoms with van der Waals surface area (Å²) in [7, 11) is 0. The number of hydrogen-bond donors (Lipinski definition) is 2. The third-order valence-corrected chi connectivity index (χ3v) is 4.84. The highest BCUT2D eigenvalue weighted by Crippen LogP contribution is 2.38. The first-order chi connectivity index (χ1) is 9.89. The molecule has 0 fully saturated rings. The number of carbonyl (C=O) groups is 1. The highest BCUT2D eigenvalue weighted by atomic mass is 127. The van der Waals surface area contributed by atoms with Crippen molar-refractivity contribution in [2.24, 2.45) is 5.73 Å². The SMILES string of the molecule is CC1(C)C(=O)Nc2ccc(C(N)c3ccc(I)cc3)cc21. The van der Waals surface area contributed by atoms with Gasteiger partial charge in [-0.15, -0.1) is 0 Å². The first-order valence-corrected chi connectivity index (χ1v) is 7.94. The summed E-state index contributed by atoms with van der Waals surface area (Å²) in [6.45, 7) is 3.88. The Labute approximate surface area is 138 Å². The molecule has 4 heteroatoms. The minimum atomic E-state index is -0.503. The Balaban J connectivity index is 2.00. The quantitative estimate of drug-likeness (QED) is 0.768. The molecule has 0 aromatic heterocycles. The molecular weight excluding hydrogens is 375 g/mol. The van der Waals surface area contributed by atoms with E-state index < -0.39 is 5.41 Å². The second-order valence-electron chi connectivity index (χ2n) is 5.91. The van der Waals surface area contributed by atoms with Crippen LogP contribution in [0, 0.1) is 3.57 Å². The van der Waals surface area contributed by atoms with Crippen LogP contribution in [0.25, 0.3) is 0 Å². The van der Waals surface area contributed by atoms with E-state index in [1.807, 2.05) is 38.1 Å². The van der Waals surface area contributed by atoms with E-state index in [0.29, 0.717) is 0 Å². The molecule has 3 rings (SSSR count). The fourth-order valence-electron chi connectivity index (χ4n) is 2.64. The van der Waals surface area contributed by atoms with Crippen molar-refractivity contribution < 1.29 is 4.79 Å². The summed E-state index contributed by atoms with van der Waals surface area (Å²) >= 11 is 2.28. The van der Waals surface area contributed by atoms with Gasteiger partial charge in [0.15, 0.2) is 0 Å². The van der Waals surface area contributed by atoms with Gasteiger partial charge < -0.3 is 11.1 Å².